The molecule has 0 bridgehead atoms. The van der Waals surface area contributed by atoms with Crippen molar-refractivity contribution in [1.29, 1.82) is 0 Å². The number of nitrogens with one attached hydrogen (secondary N) is 1. The van der Waals surface area contributed by atoms with Gasteiger partial charge in [0, 0.05) is 0 Å². The Labute approximate surface area is 150 Å². The van der Waals surface area contributed by atoms with E-state index in [4.69, 9.17) is 9.47 Å². The lowest BCUT2D eigenvalue weighted by atomic mass is 10.2. The van der Waals surface area contributed by atoms with E-state index in [1.54, 1.807) is 23.0 Å². The van der Waals surface area contributed by atoms with Gasteiger partial charge in [0.1, 0.15) is 12.3 Å². The van der Waals surface area contributed by atoms with Crippen LogP contribution >= 0.6 is 0 Å². The molecule has 1 N–H and O–H groups in total. The summed E-state index contributed by atoms with van der Waals surface area (Å²) < 4.78 is 11.9. The van der Waals surface area contributed by atoms with Gasteiger partial charge in [0.15, 0.2) is 6.61 Å². The molecule has 7 heteroatoms. The third kappa shape index (κ3) is 4.00. The Kier molecular flexibility index (Phi) is 5.17. The number of benzene rings is 2. The Morgan fingerprint density at radius 1 is 1.19 bits per heavy atom. The highest BCUT2D eigenvalue weighted by molar-refractivity contribution is 5.94. The fourth-order valence-electron chi connectivity index (χ4n) is 2.57. The zero-order valence-corrected chi connectivity index (χ0v) is 14.6. The molecule has 26 heavy (non-hydrogen) atoms. The van der Waals surface area contributed by atoms with Crippen molar-refractivity contribution in [1.82, 2.24) is 9.55 Å². The average Bonchev–Trinajstić information content (AvgIpc) is 3.03. The zero-order chi connectivity index (χ0) is 18.5. The molecule has 1 amide bonds. The van der Waals surface area contributed by atoms with Crippen LogP contribution < -0.4 is 10.1 Å². The van der Waals surface area contributed by atoms with Gasteiger partial charge < -0.3 is 19.4 Å². The van der Waals surface area contributed by atoms with Crippen molar-refractivity contribution < 1.29 is 19.1 Å². The molecule has 2 aromatic carbocycles. The molecule has 7 nitrogen and oxygen atoms in total. The van der Waals surface area contributed by atoms with Crippen molar-refractivity contribution in [2.45, 2.75) is 13.5 Å². The Bertz CT molecular complexity index is 949. The van der Waals surface area contributed by atoms with Crippen LogP contribution in [0.4, 0.5) is 5.69 Å². The summed E-state index contributed by atoms with van der Waals surface area (Å²) in [7, 11) is 1.52. The summed E-state index contributed by atoms with van der Waals surface area (Å²) in [6, 6.07) is 12.9. The molecule has 3 aromatic rings. The first-order chi connectivity index (χ1) is 12.6. The van der Waals surface area contributed by atoms with Gasteiger partial charge in [0.05, 0.1) is 30.2 Å². The van der Waals surface area contributed by atoms with Crippen molar-refractivity contribution in [2.24, 2.45) is 0 Å². The molecule has 0 saturated carbocycles. The highest BCUT2D eigenvalue weighted by Gasteiger charge is 2.12. The number of carbonyl (C=O) groups is 2. The van der Waals surface area contributed by atoms with E-state index in [0.717, 1.165) is 16.6 Å². The number of amides is 1. The van der Waals surface area contributed by atoms with Gasteiger partial charge in [0.2, 0.25) is 0 Å². The summed E-state index contributed by atoms with van der Waals surface area (Å²) in [4.78, 5) is 28.3. The summed E-state index contributed by atoms with van der Waals surface area (Å²) in [5, 5.41) is 2.69. The topological polar surface area (TPSA) is 82.5 Å². The highest BCUT2D eigenvalue weighted by Crippen LogP contribution is 2.25. The minimum absolute atomic E-state index is 0.0123. The number of aromatic nitrogens is 2. The second kappa shape index (κ2) is 7.69. The first-order valence-corrected chi connectivity index (χ1v) is 8.07. The molecule has 0 radical (unpaired) electrons. The van der Waals surface area contributed by atoms with E-state index in [0.29, 0.717) is 11.4 Å². The normalized spacial score (nSPS) is 10.5. The maximum atomic E-state index is 12.0. The monoisotopic (exact) mass is 353 g/mol. The molecule has 0 spiro atoms. The summed E-state index contributed by atoms with van der Waals surface area (Å²) in [6.45, 7) is 1.52. The van der Waals surface area contributed by atoms with E-state index in [2.05, 4.69) is 10.3 Å². The number of carbonyl (C=O) groups excluding carboxylic acids is 2. The predicted molar refractivity (Wildman–Crippen MR) is 97.1 cm³/mol. The Morgan fingerprint density at radius 2 is 2.00 bits per heavy atom. The number of methoxy groups -OCH3 is 1. The van der Waals surface area contributed by atoms with Crippen LogP contribution in [0.5, 0.6) is 5.75 Å². The Hall–Kier alpha value is -3.35. The molecule has 0 fully saturated rings. The number of aryl methyl sites for hydroxylation is 1. The van der Waals surface area contributed by atoms with Gasteiger partial charge in [0.25, 0.3) is 5.91 Å². The third-order valence-corrected chi connectivity index (χ3v) is 3.82. The fraction of sp³-hybridized carbons (Fsp3) is 0.211. The fourth-order valence-corrected chi connectivity index (χ4v) is 2.57. The molecule has 3 rings (SSSR count). The first kappa shape index (κ1) is 17.5. The lowest BCUT2D eigenvalue weighted by Gasteiger charge is -2.11. The lowest BCUT2D eigenvalue weighted by molar-refractivity contribution is -0.147. The second-order valence-electron chi connectivity index (χ2n) is 5.77. The van der Waals surface area contributed by atoms with Crippen molar-refractivity contribution in [2.75, 3.05) is 19.0 Å². The van der Waals surface area contributed by atoms with E-state index in [1.165, 1.54) is 7.11 Å². The number of esters is 1. The van der Waals surface area contributed by atoms with Crippen LogP contribution in [0, 0.1) is 6.92 Å². The van der Waals surface area contributed by atoms with E-state index >= 15 is 0 Å². The molecule has 1 heterocycles. The van der Waals surface area contributed by atoms with Gasteiger partial charge in [-0.3, -0.25) is 9.59 Å². The van der Waals surface area contributed by atoms with Crippen molar-refractivity contribution in [3.8, 4) is 5.75 Å². The van der Waals surface area contributed by atoms with Gasteiger partial charge in [-0.1, -0.05) is 18.2 Å². The SMILES string of the molecule is COc1ccc(C)cc1NC(=O)COC(=O)Cn1cnc2ccccc21. The number of para-hydroxylation sites is 2. The van der Waals surface area contributed by atoms with Gasteiger partial charge in [-0.2, -0.15) is 0 Å². The number of rotatable bonds is 6. The summed E-state index contributed by atoms with van der Waals surface area (Å²) >= 11 is 0. The number of imidazole rings is 1. The third-order valence-electron chi connectivity index (χ3n) is 3.82. The predicted octanol–water partition coefficient (Wildman–Crippen LogP) is 2.54. The average molecular weight is 353 g/mol. The highest BCUT2D eigenvalue weighted by atomic mass is 16.5. The largest absolute Gasteiger partial charge is 0.495 e. The molecule has 134 valence electrons. The van der Waals surface area contributed by atoms with Crippen molar-refractivity contribution >= 4 is 28.6 Å². The van der Waals surface area contributed by atoms with Gasteiger partial charge >= 0.3 is 5.97 Å². The van der Waals surface area contributed by atoms with Crippen LogP contribution in [0.15, 0.2) is 48.8 Å². The van der Waals surface area contributed by atoms with Crippen LogP contribution in [0.2, 0.25) is 0 Å². The molecule has 1 aromatic heterocycles. The van der Waals surface area contributed by atoms with E-state index in [1.807, 2.05) is 37.3 Å². The van der Waals surface area contributed by atoms with E-state index in [9.17, 15) is 9.59 Å². The number of nitrogens with zero attached hydrogens (tertiary/aromatic N) is 2. The molecular formula is C19H19N3O4. The molecular weight excluding hydrogens is 334 g/mol. The second-order valence-corrected chi connectivity index (χ2v) is 5.77. The lowest BCUT2D eigenvalue weighted by Crippen LogP contribution is -2.23. The summed E-state index contributed by atoms with van der Waals surface area (Å²) in [5.41, 5.74) is 3.14. The summed E-state index contributed by atoms with van der Waals surface area (Å²) in [6.07, 6.45) is 1.57. The van der Waals surface area contributed by atoms with Crippen LogP contribution in [0.25, 0.3) is 11.0 Å². The molecule has 0 saturated heterocycles. The van der Waals surface area contributed by atoms with Crippen LogP contribution in [-0.4, -0.2) is 35.1 Å². The van der Waals surface area contributed by atoms with Gasteiger partial charge in [-0.05, 0) is 36.8 Å². The Morgan fingerprint density at radius 3 is 2.81 bits per heavy atom. The maximum absolute atomic E-state index is 12.0. The quantitative estimate of drug-likeness (QED) is 0.689. The number of fused-ring (bicyclic) bond motifs is 1. The minimum Gasteiger partial charge on any atom is -0.495 e. The number of anilines is 1. The van der Waals surface area contributed by atoms with Crippen LogP contribution in [0.3, 0.4) is 0 Å². The number of ether oxygens (including phenoxy) is 2. The number of hydrogen-bond acceptors (Lipinski definition) is 5. The smallest absolute Gasteiger partial charge is 0.326 e. The van der Waals surface area contributed by atoms with Crippen LogP contribution in [0.1, 0.15) is 5.56 Å². The molecule has 0 aliphatic heterocycles. The first-order valence-electron chi connectivity index (χ1n) is 8.07. The standard InChI is InChI=1S/C19H19N3O4/c1-13-7-8-17(25-2)15(9-13)21-18(23)11-26-19(24)10-22-12-20-14-5-3-4-6-16(14)22/h3-9,12H,10-11H2,1-2H3,(H,21,23). The zero-order valence-electron chi connectivity index (χ0n) is 14.6. The van der Waals surface area contributed by atoms with Gasteiger partial charge in [-0.15, -0.1) is 0 Å². The molecule has 0 unspecified atom stereocenters. The maximum Gasteiger partial charge on any atom is 0.326 e. The van der Waals surface area contributed by atoms with Crippen LogP contribution in [-0.2, 0) is 20.9 Å². The Balaban J connectivity index is 1.56. The molecule has 0 aliphatic carbocycles. The summed E-state index contributed by atoms with van der Waals surface area (Å²) in [5.74, 6) is -0.405. The van der Waals surface area contributed by atoms with E-state index in [-0.39, 0.29) is 13.2 Å². The van der Waals surface area contributed by atoms with Crippen molar-refractivity contribution in [3.63, 3.8) is 0 Å². The van der Waals surface area contributed by atoms with Gasteiger partial charge in [-0.25, -0.2) is 4.98 Å². The minimum atomic E-state index is -0.514. The molecule has 0 aliphatic rings. The molecule has 0 atom stereocenters. The van der Waals surface area contributed by atoms with Crippen molar-refractivity contribution in [3.05, 3.63) is 54.4 Å². The van der Waals surface area contributed by atoms with E-state index < -0.39 is 11.9 Å². The number of hydrogen-bond donors (Lipinski definition) is 1.